The number of methoxy groups -OCH3 is 1. The Balaban J connectivity index is 1.81. The molecule has 1 unspecified atom stereocenters. The van der Waals surface area contributed by atoms with Crippen molar-refractivity contribution in [1.82, 2.24) is 20.4 Å². The second-order valence-corrected chi connectivity index (χ2v) is 7.68. The van der Waals surface area contributed by atoms with Gasteiger partial charge in [0, 0.05) is 22.8 Å². The van der Waals surface area contributed by atoms with E-state index in [1.807, 2.05) is 50.2 Å². The molecule has 0 aliphatic carbocycles. The average molecular weight is 439 g/mol. The summed E-state index contributed by atoms with van der Waals surface area (Å²) < 4.78 is 11.0. The number of carbonyl (C=O) groups is 1. The van der Waals surface area contributed by atoms with Crippen LogP contribution >= 0.6 is 11.6 Å². The molecular formula is C23H23ClN4O3. The monoisotopic (exact) mass is 438 g/mol. The van der Waals surface area contributed by atoms with Crippen LogP contribution in [0.15, 0.2) is 58.8 Å². The van der Waals surface area contributed by atoms with E-state index in [0.717, 1.165) is 28.8 Å². The van der Waals surface area contributed by atoms with Gasteiger partial charge in [0.1, 0.15) is 5.75 Å². The SMILES string of the molecule is CCCN1C(=O)NC(c2cccc(OC)c2)C(c2nc(-c3ccc(Cl)cc3)no2)=C1C. The van der Waals surface area contributed by atoms with E-state index in [9.17, 15) is 4.79 Å². The van der Waals surface area contributed by atoms with Crippen LogP contribution in [0.4, 0.5) is 4.79 Å². The lowest BCUT2D eigenvalue weighted by molar-refractivity contribution is 0.205. The lowest BCUT2D eigenvalue weighted by Crippen LogP contribution is -2.46. The van der Waals surface area contributed by atoms with Crippen molar-refractivity contribution in [2.24, 2.45) is 0 Å². The maximum Gasteiger partial charge on any atom is 0.322 e. The first-order valence-corrected chi connectivity index (χ1v) is 10.4. The Bertz CT molecular complexity index is 1120. The zero-order valence-corrected chi connectivity index (χ0v) is 18.3. The van der Waals surface area contributed by atoms with Crippen LogP contribution in [-0.4, -0.2) is 34.7 Å². The summed E-state index contributed by atoms with van der Waals surface area (Å²) in [4.78, 5) is 19.2. The van der Waals surface area contributed by atoms with Gasteiger partial charge in [-0.05, 0) is 55.3 Å². The van der Waals surface area contributed by atoms with Gasteiger partial charge in [-0.2, -0.15) is 4.98 Å². The first-order chi connectivity index (χ1) is 15.0. The van der Waals surface area contributed by atoms with Crippen LogP contribution < -0.4 is 10.1 Å². The van der Waals surface area contributed by atoms with Crippen LogP contribution in [0.5, 0.6) is 5.75 Å². The predicted molar refractivity (Wildman–Crippen MR) is 119 cm³/mol. The Morgan fingerprint density at radius 2 is 2.00 bits per heavy atom. The molecule has 0 radical (unpaired) electrons. The van der Waals surface area contributed by atoms with Gasteiger partial charge in [-0.3, -0.25) is 4.90 Å². The fourth-order valence-corrected chi connectivity index (χ4v) is 3.80. The molecule has 8 heteroatoms. The molecule has 4 rings (SSSR count). The summed E-state index contributed by atoms with van der Waals surface area (Å²) in [6.07, 6.45) is 0.821. The number of hydrogen-bond acceptors (Lipinski definition) is 5. The minimum Gasteiger partial charge on any atom is -0.497 e. The van der Waals surface area contributed by atoms with E-state index >= 15 is 0 Å². The molecule has 0 saturated heterocycles. The molecule has 2 aromatic carbocycles. The van der Waals surface area contributed by atoms with Crippen molar-refractivity contribution < 1.29 is 14.1 Å². The standard InChI is InChI=1S/C23H23ClN4O3/c1-4-12-28-14(2)19(20(25-23(28)29)16-6-5-7-18(13-16)30-3)22-26-21(27-31-22)15-8-10-17(24)11-9-15/h5-11,13,20H,4,12H2,1-3H3,(H,25,29). The van der Waals surface area contributed by atoms with Crippen molar-refractivity contribution >= 4 is 23.2 Å². The highest BCUT2D eigenvalue weighted by atomic mass is 35.5. The van der Waals surface area contributed by atoms with Gasteiger partial charge in [-0.15, -0.1) is 0 Å². The van der Waals surface area contributed by atoms with E-state index < -0.39 is 6.04 Å². The maximum absolute atomic E-state index is 12.8. The molecule has 1 aromatic heterocycles. The Labute approximate surface area is 185 Å². The number of allylic oxidation sites excluding steroid dienone is 1. The number of ether oxygens (including phenoxy) is 1. The molecule has 0 fully saturated rings. The van der Waals surface area contributed by atoms with Crippen molar-refractivity contribution in [2.75, 3.05) is 13.7 Å². The summed E-state index contributed by atoms with van der Waals surface area (Å²) in [5.74, 6) is 1.51. The summed E-state index contributed by atoms with van der Waals surface area (Å²) in [6, 6.07) is 14.2. The summed E-state index contributed by atoms with van der Waals surface area (Å²) in [6.45, 7) is 4.52. The van der Waals surface area contributed by atoms with Crippen LogP contribution in [0.2, 0.25) is 5.02 Å². The number of urea groups is 1. The minimum atomic E-state index is -0.450. The molecule has 7 nitrogen and oxygen atoms in total. The summed E-state index contributed by atoms with van der Waals surface area (Å²) >= 11 is 5.99. The second-order valence-electron chi connectivity index (χ2n) is 7.24. The largest absolute Gasteiger partial charge is 0.497 e. The summed E-state index contributed by atoms with van der Waals surface area (Å²) in [7, 11) is 1.61. The van der Waals surface area contributed by atoms with Crippen molar-refractivity contribution in [2.45, 2.75) is 26.3 Å². The molecule has 1 aliphatic rings. The second kappa shape index (κ2) is 8.81. The zero-order valence-electron chi connectivity index (χ0n) is 17.6. The van der Waals surface area contributed by atoms with Gasteiger partial charge in [0.25, 0.3) is 5.89 Å². The first-order valence-electron chi connectivity index (χ1n) is 10.0. The van der Waals surface area contributed by atoms with E-state index in [0.29, 0.717) is 29.0 Å². The van der Waals surface area contributed by atoms with Crippen molar-refractivity contribution in [3.05, 3.63) is 70.7 Å². The number of amides is 2. The number of hydrogen-bond donors (Lipinski definition) is 1. The zero-order chi connectivity index (χ0) is 22.0. The number of nitrogens with one attached hydrogen (secondary N) is 1. The Morgan fingerprint density at radius 1 is 1.23 bits per heavy atom. The number of rotatable bonds is 6. The third kappa shape index (κ3) is 4.14. The average Bonchev–Trinajstić information content (AvgIpc) is 3.26. The highest BCUT2D eigenvalue weighted by Gasteiger charge is 2.35. The molecule has 2 amide bonds. The highest BCUT2D eigenvalue weighted by molar-refractivity contribution is 6.30. The van der Waals surface area contributed by atoms with Crippen LogP contribution in [0.25, 0.3) is 17.0 Å². The maximum atomic E-state index is 12.8. The quantitative estimate of drug-likeness (QED) is 0.564. The number of aromatic nitrogens is 2. The number of benzene rings is 2. The Kier molecular flexibility index (Phi) is 5.95. The van der Waals surface area contributed by atoms with E-state index in [4.69, 9.17) is 20.9 Å². The van der Waals surface area contributed by atoms with Crippen molar-refractivity contribution in [1.29, 1.82) is 0 Å². The molecule has 31 heavy (non-hydrogen) atoms. The Morgan fingerprint density at radius 3 is 2.71 bits per heavy atom. The van der Waals surface area contributed by atoms with Crippen molar-refractivity contribution in [3.63, 3.8) is 0 Å². The van der Waals surface area contributed by atoms with E-state index in [1.165, 1.54) is 0 Å². The Hall–Kier alpha value is -3.32. The van der Waals surface area contributed by atoms with Gasteiger partial charge in [0.05, 0.1) is 18.7 Å². The van der Waals surface area contributed by atoms with Crippen LogP contribution in [0.3, 0.4) is 0 Å². The fraction of sp³-hybridized carbons (Fsp3) is 0.261. The molecular weight excluding hydrogens is 416 g/mol. The molecule has 1 aliphatic heterocycles. The van der Waals surface area contributed by atoms with Crippen LogP contribution in [0.1, 0.15) is 37.8 Å². The summed E-state index contributed by atoms with van der Waals surface area (Å²) in [5.41, 5.74) is 3.20. The van der Waals surface area contributed by atoms with Gasteiger partial charge in [0.2, 0.25) is 5.82 Å². The highest BCUT2D eigenvalue weighted by Crippen LogP contribution is 2.38. The molecule has 2 heterocycles. The molecule has 0 bridgehead atoms. The van der Waals surface area contributed by atoms with Gasteiger partial charge < -0.3 is 14.6 Å². The van der Waals surface area contributed by atoms with Crippen LogP contribution in [-0.2, 0) is 0 Å². The molecule has 1 N–H and O–H groups in total. The molecule has 0 saturated carbocycles. The van der Waals surface area contributed by atoms with E-state index in [1.54, 1.807) is 24.1 Å². The summed E-state index contributed by atoms with van der Waals surface area (Å²) in [5, 5.41) is 7.87. The lowest BCUT2D eigenvalue weighted by atomic mass is 9.94. The molecule has 0 spiro atoms. The van der Waals surface area contributed by atoms with E-state index in [2.05, 4.69) is 15.5 Å². The third-order valence-corrected chi connectivity index (χ3v) is 5.48. The van der Waals surface area contributed by atoms with Gasteiger partial charge in [-0.25, -0.2) is 4.79 Å². The first kappa shape index (κ1) is 20.9. The third-order valence-electron chi connectivity index (χ3n) is 5.23. The minimum absolute atomic E-state index is 0.159. The van der Waals surface area contributed by atoms with Crippen LogP contribution in [0, 0.1) is 0 Å². The predicted octanol–water partition coefficient (Wildman–Crippen LogP) is 5.31. The van der Waals surface area contributed by atoms with Crippen molar-refractivity contribution in [3.8, 4) is 17.1 Å². The fourth-order valence-electron chi connectivity index (χ4n) is 3.67. The van der Waals surface area contributed by atoms with Gasteiger partial charge in [-0.1, -0.05) is 35.8 Å². The normalized spacial score (nSPS) is 16.5. The number of carbonyl (C=O) groups excluding carboxylic acids is 1. The smallest absolute Gasteiger partial charge is 0.322 e. The molecule has 1 atom stereocenters. The number of halogens is 1. The lowest BCUT2D eigenvalue weighted by Gasteiger charge is -2.35. The van der Waals surface area contributed by atoms with Gasteiger partial charge in [0.15, 0.2) is 0 Å². The topological polar surface area (TPSA) is 80.5 Å². The van der Waals surface area contributed by atoms with Gasteiger partial charge >= 0.3 is 6.03 Å². The van der Waals surface area contributed by atoms with E-state index in [-0.39, 0.29) is 6.03 Å². The molecule has 3 aromatic rings. The molecule has 160 valence electrons. The number of nitrogens with zero attached hydrogens (tertiary/aromatic N) is 3.